The molecular weight excluding hydrogens is 434 g/mol. The number of hydrogen-bond acceptors (Lipinski definition) is 4. The van der Waals surface area contributed by atoms with E-state index in [0.717, 1.165) is 27.9 Å². The van der Waals surface area contributed by atoms with Crippen LogP contribution >= 0.6 is 11.6 Å². The van der Waals surface area contributed by atoms with Crippen molar-refractivity contribution in [2.45, 2.75) is 20.4 Å². The van der Waals surface area contributed by atoms with Crippen LogP contribution in [0.1, 0.15) is 27.0 Å². The second kappa shape index (κ2) is 8.22. The van der Waals surface area contributed by atoms with Gasteiger partial charge in [0.2, 0.25) is 0 Å². The van der Waals surface area contributed by atoms with Crippen molar-refractivity contribution in [2.75, 3.05) is 5.73 Å². The molecule has 0 unspecified atom stereocenters. The number of halogens is 1. The van der Waals surface area contributed by atoms with E-state index in [9.17, 15) is 4.79 Å². The van der Waals surface area contributed by atoms with Crippen molar-refractivity contribution in [1.29, 1.82) is 0 Å². The molecule has 7 heteroatoms. The Labute approximate surface area is 196 Å². The Morgan fingerprint density at radius 2 is 1.70 bits per heavy atom. The van der Waals surface area contributed by atoms with Crippen LogP contribution < -0.4 is 11.1 Å². The number of aryl methyl sites for hydroxylation is 2. The zero-order valence-corrected chi connectivity index (χ0v) is 19.0. The summed E-state index contributed by atoms with van der Waals surface area (Å²) in [5.41, 5.74) is 13.1. The SMILES string of the molecule is Cc1ccc(C)c(-n2c(N)c(C(=O)NCc3ccccc3Cl)c3nc4ccccc4nc32)c1. The lowest BCUT2D eigenvalue weighted by atomic mass is 10.1. The number of hydrogen-bond donors (Lipinski definition) is 2. The molecule has 3 N–H and O–H groups in total. The number of rotatable bonds is 4. The second-order valence-electron chi connectivity index (χ2n) is 8.04. The van der Waals surface area contributed by atoms with Crippen LogP contribution in [0.25, 0.3) is 27.9 Å². The summed E-state index contributed by atoms with van der Waals surface area (Å²) in [5.74, 6) is -0.0308. The van der Waals surface area contributed by atoms with E-state index in [0.29, 0.717) is 33.1 Å². The first-order chi connectivity index (χ1) is 15.9. The highest BCUT2D eigenvalue weighted by Crippen LogP contribution is 2.32. The minimum Gasteiger partial charge on any atom is -0.384 e. The highest BCUT2D eigenvalue weighted by Gasteiger charge is 2.25. The minimum absolute atomic E-state index is 0.273. The van der Waals surface area contributed by atoms with Gasteiger partial charge in [0.25, 0.3) is 5.91 Å². The fourth-order valence-corrected chi connectivity index (χ4v) is 4.20. The van der Waals surface area contributed by atoms with Crippen molar-refractivity contribution < 1.29 is 4.79 Å². The quantitative estimate of drug-likeness (QED) is 0.382. The molecule has 0 aliphatic rings. The highest BCUT2D eigenvalue weighted by atomic mass is 35.5. The summed E-state index contributed by atoms with van der Waals surface area (Å²) in [6, 6.07) is 21.1. The third kappa shape index (κ3) is 3.68. The Balaban J connectivity index is 1.70. The molecule has 3 aromatic carbocycles. The van der Waals surface area contributed by atoms with Gasteiger partial charge in [-0.2, -0.15) is 0 Å². The predicted molar refractivity (Wildman–Crippen MR) is 133 cm³/mol. The molecule has 0 fully saturated rings. The first-order valence-corrected chi connectivity index (χ1v) is 11.0. The van der Waals surface area contributed by atoms with Crippen LogP contribution in [0.4, 0.5) is 5.82 Å². The number of fused-ring (bicyclic) bond motifs is 2. The van der Waals surface area contributed by atoms with Crippen molar-refractivity contribution in [3.05, 3.63) is 94.0 Å². The average molecular weight is 456 g/mol. The molecule has 164 valence electrons. The van der Waals surface area contributed by atoms with Crippen LogP contribution in [0, 0.1) is 13.8 Å². The Bertz CT molecular complexity index is 1540. The molecule has 2 aromatic heterocycles. The van der Waals surface area contributed by atoms with Gasteiger partial charge in [0.1, 0.15) is 16.9 Å². The van der Waals surface area contributed by atoms with Gasteiger partial charge in [0.05, 0.1) is 16.7 Å². The van der Waals surface area contributed by atoms with Crippen LogP contribution in [0.3, 0.4) is 0 Å². The number of nitrogens with zero attached hydrogens (tertiary/aromatic N) is 3. The number of carbonyl (C=O) groups excluding carboxylic acids is 1. The number of amides is 1. The van der Waals surface area contributed by atoms with Gasteiger partial charge in [-0.25, -0.2) is 9.97 Å². The third-order valence-electron chi connectivity index (χ3n) is 5.73. The lowest BCUT2D eigenvalue weighted by Gasteiger charge is -2.12. The summed E-state index contributed by atoms with van der Waals surface area (Å²) in [4.78, 5) is 23.0. The van der Waals surface area contributed by atoms with Gasteiger partial charge in [-0.05, 0) is 54.8 Å². The van der Waals surface area contributed by atoms with Gasteiger partial charge in [-0.3, -0.25) is 9.36 Å². The van der Waals surface area contributed by atoms with E-state index in [4.69, 9.17) is 27.3 Å². The van der Waals surface area contributed by atoms with Crippen LogP contribution in [0.15, 0.2) is 66.7 Å². The zero-order chi connectivity index (χ0) is 23.1. The average Bonchev–Trinajstić information content (AvgIpc) is 3.09. The number of aromatic nitrogens is 3. The molecule has 0 spiro atoms. The number of anilines is 1. The summed E-state index contributed by atoms with van der Waals surface area (Å²) in [5, 5.41) is 3.54. The van der Waals surface area contributed by atoms with E-state index in [1.165, 1.54) is 0 Å². The maximum Gasteiger partial charge on any atom is 0.257 e. The molecule has 6 nitrogen and oxygen atoms in total. The molecule has 0 atom stereocenters. The number of nitrogens with one attached hydrogen (secondary N) is 1. The summed E-state index contributed by atoms with van der Waals surface area (Å²) >= 11 is 6.26. The Morgan fingerprint density at radius 1 is 1.00 bits per heavy atom. The van der Waals surface area contributed by atoms with E-state index in [1.54, 1.807) is 6.07 Å². The number of para-hydroxylation sites is 2. The first kappa shape index (κ1) is 21.0. The van der Waals surface area contributed by atoms with Crippen LogP contribution in [0.5, 0.6) is 0 Å². The van der Waals surface area contributed by atoms with Gasteiger partial charge in [-0.15, -0.1) is 0 Å². The Hall–Kier alpha value is -3.90. The standard InChI is InChI=1S/C26H22ClN5O/c1-15-11-12-16(2)21(13-15)32-24(28)22(26(33)29-14-17-7-3-4-8-18(17)27)23-25(32)31-20-10-6-5-9-19(20)30-23/h3-13H,14,28H2,1-2H3,(H,29,33). The van der Waals surface area contributed by atoms with Crippen molar-refractivity contribution >= 4 is 45.5 Å². The van der Waals surface area contributed by atoms with E-state index in [-0.39, 0.29) is 12.5 Å². The molecule has 33 heavy (non-hydrogen) atoms. The minimum atomic E-state index is -0.328. The maximum atomic E-state index is 13.4. The molecule has 5 rings (SSSR count). The van der Waals surface area contributed by atoms with Gasteiger partial charge >= 0.3 is 0 Å². The number of nitrogen functional groups attached to an aromatic ring is 1. The van der Waals surface area contributed by atoms with Crippen molar-refractivity contribution in [2.24, 2.45) is 0 Å². The molecule has 5 aromatic rings. The molecule has 1 amide bonds. The molecule has 0 saturated carbocycles. The molecule has 0 aliphatic heterocycles. The summed E-state index contributed by atoms with van der Waals surface area (Å²) < 4.78 is 1.82. The molecule has 0 bridgehead atoms. The lowest BCUT2D eigenvalue weighted by molar-refractivity contribution is 0.0953. The Morgan fingerprint density at radius 3 is 2.45 bits per heavy atom. The summed E-state index contributed by atoms with van der Waals surface area (Å²) in [6.45, 7) is 4.30. The largest absolute Gasteiger partial charge is 0.384 e. The van der Waals surface area contributed by atoms with E-state index >= 15 is 0 Å². The predicted octanol–water partition coefficient (Wildman–Crippen LogP) is 5.36. The number of benzene rings is 3. The lowest BCUT2D eigenvalue weighted by Crippen LogP contribution is -2.24. The van der Waals surface area contributed by atoms with Gasteiger partial charge in [-0.1, -0.05) is 54.1 Å². The van der Waals surface area contributed by atoms with E-state index < -0.39 is 0 Å². The highest BCUT2D eigenvalue weighted by molar-refractivity contribution is 6.31. The fraction of sp³-hybridized carbons (Fsp3) is 0.115. The van der Waals surface area contributed by atoms with Gasteiger partial charge < -0.3 is 11.1 Å². The monoisotopic (exact) mass is 455 g/mol. The van der Waals surface area contributed by atoms with Gasteiger partial charge in [0.15, 0.2) is 5.65 Å². The normalized spacial score (nSPS) is 11.2. The third-order valence-corrected chi connectivity index (χ3v) is 6.10. The maximum absolute atomic E-state index is 13.4. The van der Waals surface area contributed by atoms with Crippen LogP contribution in [-0.2, 0) is 6.54 Å². The molecule has 0 aliphatic carbocycles. The van der Waals surface area contributed by atoms with E-state index in [2.05, 4.69) is 5.32 Å². The van der Waals surface area contributed by atoms with Crippen molar-refractivity contribution in [3.63, 3.8) is 0 Å². The van der Waals surface area contributed by atoms with Crippen molar-refractivity contribution in [3.8, 4) is 5.69 Å². The van der Waals surface area contributed by atoms with Crippen LogP contribution in [-0.4, -0.2) is 20.4 Å². The Kier molecular flexibility index (Phi) is 5.23. The molecule has 2 heterocycles. The topological polar surface area (TPSA) is 85.8 Å². The molecule has 0 radical (unpaired) electrons. The number of nitrogens with two attached hydrogens (primary N) is 1. The first-order valence-electron chi connectivity index (χ1n) is 10.6. The molecular formula is C26H22ClN5O. The summed E-state index contributed by atoms with van der Waals surface area (Å²) in [7, 11) is 0. The smallest absolute Gasteiger partial charge is 0.257 e. The second-order valence-corrected chi connectivity index (χ2v) is 8.45. The van der Waals surface area contributed by atoms with Crippen molar-refractivity contribution in [1.82, 2.24) is 19.9 Å². The van der Waals surface area contributed by atoms with Gasteiger partial charge in [0, 0.05) is 11.6 Å². The zero-order valence-electron chi connectivity index (χ0n) is 18.3. The van der Waals surface area contributed by atoms with E-state index in [1.807, 2.05) is 79.1 Å². The summed E-state index contributed by atoms with van der Waals surface area (Å²) in [6.07, 6.45) is 0. The fourth-order valence-electron chi connectivity index (χ4n) is 4.00. The van der Waals surface area contributed by atoms with Crippen LogP contribution in [0.2, 0.25) is 5.02 Å². The number of carbonyl (C=O) groups is 1. The molecule has 0 saturated heterocycles.